The highest BCUT2D eigenvalue weighted by molar-refractivity contribution is 6.30. The first-order valence-electron chi connectivity index (χ1n) is 5.28. The summed E-state index contributed by atoms with van der Waals surface area (Å²) >= 11 is 5.85. The minimum Gasteiger partial charge on any atom is -0.383 e. The summed E-state index contributed by atoms with van der Waals surface area (Å²) < 4.78 is 0. The highest BCUT2D eigenvalue weighted by Crippen LogP contribution is 2.18. The predicted molar refractivity (Wildman–Crippen MR) is 73.7 cm³/mol. The second-order valence-corrected chi connectivity index (χ2v) is 4.14. The Hall–Kier alpha value is -2.31. The van der Waals surface area contributed by atoms with Gasteiger partial charge in [-0.05, 0) is 23.8 Å². The molecule has 0 atom stereocenters. The van der Waals surface area contributed by atoms with Crippen molar-refractivity contribution in [2.45, 2.75) is 0 Å². The van der Waals surface area contributed by atoms with Crippen LogP contribution in [0.1, 0.15) is 16.7 Å². The molecule has 1 aromatic carbocycles. The summed E-state index contributed by atoms with van der Waals surface area (Å²) in [5.41, 5.74) is 8.04. The van der Waals surface area contributed by atoms with E-state index in [1.807, 2.05) is 24.3 Å². The van der Waals surface area contributed by atoms with Gasteiger partial charge >= 0.3 is 0 Å². The first kappa shape index (κ1) is 12.2. The largest absolute Gasteiger partial charge is 0.383 e. The second kappa shape index (κ2) is 5.35. The van der Waals surface area contributed by atoms with Gasteiger partial charge in [0.25, 0.3) is 0 Å². The van der Waals surface area contributed by atoms with Crippen molar-refractivity contribution < 1.29 is 0 Å². The number of nitrogens with two attached hydrogens (primary N) is 1. The molecule has 0 aliphatic rings. The molecule has 0 amide bonds. The topological polar surface area (TPSA) is 62.7 Å². The van der Waals surface area contributed by atoms with Gasteiger partial charge in [-0.1, -0.05) is 35.9 Å². The van der Waals surface area contributed by atoms with E-state index in [0.29, 0.717) is 16.4 Å². The van der Waals surface area contributed by atoms with Gasteiger partial charge in [0.1, 0.15) is 5.82 Å². The lowest BCUT2D eigenvalue weighted by Gasteiger charge is -1.99. The van der Waals surface area contributed by atoms with Gasteiger partial charge in [-0.2, -0.15) is 5.26 Å². The maximum absolute atomic E-state index is 8.81. The molecule has 0 spiro atoms. The van der Waals surface area contributed by atoms with Gasteiger partial charge in [-0.15, -0.1) is 0 Å². The van der Waals surface area contributed by atoms with E-state index in [1.165, 1.54) is 6.20 Å². The summed E-state index contributed by atoms with van der Waals surface area (Å²) in [6.07, 6.45) is 5.19. The fraction of sp³-hybridized carbons (Fsp3) is 0. The van der Waals surface area contributed by atoms with Crippen molar-refractivity contribution in [1.82, 2.24) is 4.98 Å². The molecule has 88 valence electrons. The molecule has 0 bridgehead atoms. The van der Waals surface area contributed by atoms with Crippen LogP contribution in [0.5, 0.6) is 0 Å². The molecule has 0 aliphatic heterocycles. The zero-order valence-corrected chi connectivity index (χ0v) is 10.2. The van der Waals surface area contributed by atoms with E-state index in [0.717, 1.165) is 11.1 Å². The summed E-state index contributed by atoms with van der Waals surface area (Å²) in [4.78, 5) is 3.97. The van der Waals surface area contributed by atoms with E-state index in [9.17, 15) is 0 Å². The zero-order chi connectivity index (χ0) is 13.0. The van der Waals surface area contributed by atoms with Gasteiger partial charge in [-0.25, -0.2) is 4.98 Å². The number of nitriles is 1. The Balaban J connectivity index is 2.30. The number of nitrogen functional groups attached to an aromatic ring is 1. The van der Waals surface area contributed by atoms with Crippen molar-refractivity contribution in [3.05, 3.63) is 58.2 Å². The Labute approximate surface area is 110 Å². The third-order valence-corrected chi connectivity index (χ3v) is 2.59. The van der Waals surface area contributed by atoms with Gasteiger partial charge in [0.2, 0.25) is 0 Å². The molecule has 0 saturated carbocycles. The molecule has 1 aromatic heterocycles. The summed E-state index contributed by atoms with van der Waals surface area (Å²) in [6, 6.07) is 11.1. The maximum Gasteiger partial charge on any atom is 0.130 e. The molecule has 0 saturated heterocycles. The number of halogens is 1. The number of pyridine rings is 1. The fourth-order valence-electron chi connectivity index (χ4n) is 1.50. The Kier molecular flexibility index (Phi) is 3.61. The minimum absolute atomic E-state index is 0.423. The molecule has 0 unspecified atom stereocenters. The first-order chi connectivity index (χ1) is 8.69. The summed E-state index contributed by atoms with van der Waals surface area (Å²) in [5.74, 6) is 0.423. The average Bonchev–Trinajstić information content (AvgIpc) is 2.40. The number of hydrogen-bond acceptors (Lipinski definition) is 3. The minimum atomic E-state index is 0.423. The Morgan fingerprint density at radius 3 is 2.89 bits per heavy atom. The van der Waals surface area contributed by atoms with Crippen molar-refractivity contribution in [1.29, 1.82) is 5.26 Å². The zero-order valence-electron chi connectivity index (χ0n) is 9.47. The number of anilines is 1. The predicted octanol–water partition coefficient (Wildman–Crippen LogP) is 3.36. The highest BCUT2D eigenvalue weighted by atomic mass is 35.5. The third kappa shape index (κ3) is 2.88. The molecule has 0 fully saturated rings. The highest BCUT2D eigenvalue weighted by Gasteiger charge is 1.98. The molecule has 4 heteroatoms. The number of nitrogens with zero attached hydrogens (tertiary/aromatic N) is 2. The van der Waals surface area contributed by atoms with Crippen molar-refractivity contribution in [2.24, 2.45) is 0 Å². The summed E-state index contributed by atoms with van der Waals surface area (Å²) in [7, 11) is 0. The lowest BCUT2D eigenvalue weighted by atomic mass is 10.1. The smallest absolute Gasteiger partial charge is 0.130 e. The van der Waals surface area contributed by atoms with Crippen LogP contribution in [-0.4, -0.2) is 4.98 Å². The van der Waals surface area contributed by atoms with E-state index in [4.69, 9.17) is 22.6 Å². The van der Waals surface area contributed by atoms with Crippen LogP contribution in [0, 0.1) is 11.3 Å². The van der Waals surface area contributed by atoms with Crippen LogP contribution in [0.4, 0.5) is 5.82 Å². The van der Waals surface area contributed by atoms with Crippen molar-refractivity contribution in [3.63, 3.8) is 0 Å². The van der Waals surface area contributed by atoms with E-state index in [1.54, 1.807) is 18.2 Å². The van der Waals surface area contributed by atoms with Crippen molar-refractivity contribution in [2.75, 3.05) is 5.73 Å². The normalized spacial score (nSPS) is 10.4. The Bertz CT molecular complexity index is 642. The van der Waals surface area contributed by atoms with E-state index in [-0.39, 0.29) is 0 Å². The van der Waals surface area contributed by atoms with Crippen LogP contribution in [0.3, 0.4) is 0 Å². The number of benzene rings is 1. The molecule has 2 N–H and O–H groups in total. The molecule has 1 heterocycles. The van der Waals surface area contributed by atoms with E-state index < -0.39 is 0 Å². The summed E-state index contributed by atoms with van der Waals surface area (Å²) in [6.45, 7) is 0. The molecule has 0 radical (unpaired) electrons. The molecule has 3 nitrogen and oxygen atoms in total. The van der Waals surface area contributed by atoms with Gasteiger partial charge < -0.3 is 5.73 Å². The lowest BCUT2D eigenvalue weighted by Crippen LogP contribution is -1.92. The van der Waals surface area contributed by atoms with Crippen LogP contribution in [-0.2, 0) is 0 Å². The van der Waals surface area contributed by atoms with Crippen LogP contribution in [0.25, 0.3) is 12.2 Å². The van der Waals surface area contributed by atoms with Crippen LogP contribution in [0.2, 0.25) is 5.02 Å². The molecule has 0 aliphatic carbocycles. The van der Waals surface area contributed by atoms with Crippen molar-refractivity contribution >= 4 is 29.6 Å². The first-order valence-corrected chi connectivity index (χ1v) is 5.66. The number of hydrogen-bond donors (Lipinski definition) is 1. The van der Waals surface area contributed by atoms with Crippen LogP contribution in [0.15, 0.2) is 36.5 Å². The Morgan fingerprint density at radius 2 is 2.11 bits per heavy atom. The quantitative estimate of drug-likeness (QED) is 0.895. The second-order valence-electron chi connectivity index (χ2n) is 3.70. The van der Waals surface area contributed by atoms with Gasteiger partial charge in [0, 0.05) is 11.8 Å². The average molecular weight is 256 g/mol. The van der Waals surface area contributed by atoms with Crippen molar-refractivity contribution in [3.8, 4) is 6.07 Å². The van der Waals surface area contributed by atoms with E-state index in [2.05, 4.69) is 11.1 Å². The number of aromatic nitrogens is 1. The molecule has 2 aromatic rings. The molecule has 2 rings (SSSR count). The maximum atomic E-state index is 8.81. The Morgan fingerprint density at radius 1 is 1.28 bits per heavy atom. The third-order valence-electron chi connectivity index (χ3n) is 2.39. The SMILES string of the molecule is N#Cc1cccc(/C=C/c2cc(Cl)cnc2N)c1. The van der Waals surface area contributed by atoms with Crippen LogP contribution < -0.4 is 5.73 Å². The number of rotatable bonds is 2. The van der Waals surface area contributed by atoms with Crippen LogP contribution >= 0.6 is 11.6 Å². The molecular weight excluding hydrogens is 246 g/mol. The standard InChI is InChI=1S/C14H10ClN3/c15-13-7-12(14(17)18-9-13)5-4-10-2-1-3-11(6-10)8-16/h1-7,9H,(H2,17,18)/b5-4+. The van der Waals surface area contributed by atoms with Gasteiger partial charge in [0.15, 0.2) is 0 Å². The molecular formula is C14H10ClN3. The van der Waals surface area contributed by atoms with E-state index >= 15 is 0 Å². The monoisotopic (exact) mass is 255 g/mol. The summed E-state index contributed by atoms with van der Waals surface area (Å²) in [5, 5.41) is 9.34. The lowest BCUT2D eigenvalue weighted by molar-refractivity contribution is 1.33. The molecule has 18 heavy (non-hydrogen) atoms. The fourth-order valence-corrected chi connectivity index (χ4v) is 1.66. The van der Waals surface area contributed by atoms with Gasteiger partial charge in [0.05, 0.1) is 16.7 Å². The van der Waals surface area contributed by atoms with Gasteiger partial charge in [-0.3, -0.25) is 0 Å².